The van der Waals surface area contributed by atoms with Crippen molar-refractivity contribution >= 4 is 11.8 Å². The van der Waals surface area contributed by atoms with Gasteiger partial charge in [0.2, 0.25) is 0 Å². The van der Waals surface area contributed by atoms with Crippen molar-refractivity contribution in [3.63, 3.8) is 0 Å². The highest BCUT2D eigenvalue weighted by Crippen LogP contribution is 2.31. The second-order valence-corrected chi connectivity index (χ2v) is 4.99. The number of aliphatic hydroxyl groups is 1. The van der Waals surface area contributed by atoms with Gasteiger partial charge in [0.05, 0.1) is 0 Å². The van der Waals surface area contributed by atoms with Crippen molar-refractivity contribution in [2.75, 3.05) is 6.26 Å². The third-order valence-electron chi connectivity index (χ3n) is 2.97. The van der Waals surface area contributed by atoms with E-state index in [2.05, 4.69) is 0 Å². The van der Waals surface area contributed by atoms with Crippen molar-refractivity contribution in [3.05, 3.63) is 65.0 Å². The third-order valence-corrected chi connectivity index (χ3v) is 3.78. The summed E-state index contributed by atoms with van der Waals surface area (Å²) in [6.07, 6.45) is 1.17. The summed E-state index contributed by atoms with van der Waals surface area (Å²) in [5.74, 6) is -0.323. The Bertz CT molecular complexity index is 554. The number of hydrogen-bond acceptors (Lipinski definition) is 2. The summed E-state index contributed by atoms with van der Waals surface area (Å²) in [5, 5.41) is 10.4. The SMILES string of the molecule is CSc1ccccc1C(O)c1cc(F)ccc1C. The van der Waals surface area contributed by atoms with Gasteiger partial charge in [-0.3, -0.25) is 0 Å². The molecule has 1 nitrogen and oxygen atoms in total. The molecule has 0 aliphatic rings. The van der Waals surface area contributed by atoms with Gasteiger partial charge in [0.25, 0.3) is 0 Å². The summed E-state index contributed by atoms with van der Waals surface area (Å²) in [7, 11) is 0. The van der Waals surface area contributed by atoms with Gasteiger partial charge in [-0.15, -0.1) is 11.8 Å². The number of hydrogen-bond donors (Lipinski definition) is 1. The van der Waals surface area contributed by atoms with Crippen LogP contribution in [0.5, 0.6) is 0 Å². The van der Waals surface area contributed by atoms with Crippen LogP contribution in [0.1, 0.15) is 22.8 Å². The van der Waals surface area contributed by atoms with Crippen LogP contribution in [0.3, 0.4) is 0 Å². The Morgan fingerprint density at radius 3 is 2.56 bits per heavy atom. The van der Waals surface area contributed by atoms with Crippen LogP contribution in [0.4, 0.5) is 4.39 Å². The van der Waals surface area contributed by atoms with Crippen LogP contribution >= 0.6 is 11.8 Å². The van der Waals surface area contributed by atoms with E-state index in [1.54, 1.807) is 17.8 Å². The molecule has 2 aromatic carbocycles. The molecule has 1 unspecified atom stereocenters. The highest BCUT2D eigenvalue weighted by Gasteiger charge is 2.16. The van der Waals surface area contributed by atoms with Gasteiger partial charge in [0.1, 0.15) is 11.9 Å². The minimum absolute atomic E-state index is 0.323. The molecule has 3 heteroatoms. The maximum atomic E-state index is 13.3. The first-order chi connectivity index (χ1) is 8.63. The lowest BCUT2D eigenvalue weighted by Crippen LogP contribution is -2.04. The maximum absolute atomic E-state index is 13.3. The smallest absolute Gasteiger partial charge is 0.123 e. The minimum Gasteiger partial charge on any atom is -0.384 e. The van der Waals surface area contributed by atoms with E-state index in [9.17, 15) is 9.50 Å². The molecule has 18 heavy (non-hydrogen) atoms. The van der Waals surface area contributed by atoms with Crippen LogP contribution in [0.2, 0.25) is 0 Å². The summed E-state index contributed by atoms with van der Waals surface area (Å²) in [6.45, 7) is 1.87. The van der Waals surface area contributed by atoms with E-state index in [0.29, 0.717) is 5.56 Å². The predicted molar refractivity (Wildman–Crippen MR) is 73.4 cm³/mol. The first-order valence-corrected chi connectivity index (χ1v) is 6.93. The van der Waals surface area contributed by atoms with Crippen molar-refractivity contribution in [2.45, 2.75) is 17.9 Å². The van der Waals surface area contributed by atoms with E-state index >= 15 is 0 Å². The Hall–Kier alpha value is -1.32. The third kappa shape index (κ3) is 2.57. The quantitative estimate of drug-likeness (QED) is 0.845. The lowest BCUT2D eigenvalue weighted by atomic mass is 9.97. The second kappa shape index (κ2) is 5.55. The minimum atomic E-state index is -0.788. The van der Waals surface area contributed by atoms with Crippen molar-refractivity contribution in [1.82, 2.24) is 0 Å². The summed E-state index contributed by atoms with van der Waals surface area (Å²) < 4.78 is 13.3. The van der Waals surface area contributed by atoms with Crippen LogP contribution in [0.15, 0.2) is 47.4 Å². The zero-order valence-corrected chi connectivity index (χ0v) is 11.2. The van der Waals surface area contributed by atoms with Gasteiger partial charge in [-0.2, -0.15) is 0 Å². The molecule has 2 aromatic rings. The Balaban J connectivity index is 2.47. The predicted octanol–water partition coefficient (Wildman–Crippen LogP) is 3.94. The molecule has 0 fully saturated rings. The number of benzene rings is 2. The van der Waals surface area contributed by atoms with Crippen LogP contribution in [-0.2, 0) is 0 Å². The molecule has 0 aliphatic carbocycles. The van der Waals surface area contributed by atoms with E-state index in [-0.39, 0.29) is 5.82 Å². The van der Waals surface area contributed by atoms with Crippen molar-refractivity contribution in [1.29, 1.82) is 0 Å². The largest absolute Gasteiger partial charge is 0.384 e. The average Bonchev–Trinajstić information content (AvgIpc) is 2.40. The van der Waals surface area contributed by atoms with Crippen molar-refractivity contribution in [3.8, 4) is 0 Å². The Kier molecular flexibility index (Phi) is 4.04. The zero-order chi connectivity index (χ0) is 13.1. The Labute approximate surface area is 111 Å². The first-order valence-electron chi connectivity index (χ1n) is 5.70. The molecule has 0 saturated heterocycles. The van der Waals surface area contributed by atoms with E-state index in [1.165, 1.54) is 12.1 Å². The molecular formula is C15H15FOS. The molecule has 0 aliphatic heterocycles. The van der Waals surface area contributed by atoms with E-state index in [0.717, 1.165) is 16.0 Å². The molecule has 0 heterocycles. The fraction of sp³-hybridized carbons (Fsp3) is 0.200. The molecule has 0 bridgehead atoms. The van der Waals surface area contributed by atoms with Crippen LogP contribution in [0.25, 0.3) is 0 Å². The monoisotopic (exact) mass is 262 g/mol. The Morgan fingerprint density at radius 1 is 1.11 bits per heavy atom. The summed E-state index contributed by atoms with van der Waals surface area (Å²) >= 11 is 1.57. The number of thioether (sulfide) groups is 1. The van der Waals surface area contributed by atoms with Gasteiger partial charge in [-0.25, -0.2) is 4.39 Å². The lowest BCUT2D eigenvalue weighted by molar-refractivity contribution is 0.216. The van der Waals surface area contributed by atoms with Gasteiger partial charge in [-0.1, -0.05) is 24.3 Å². The standard InChI is InChI=1S/C15H15FOS/c1-10-7-8-11(16)9-13(10)15(17)12-5-3-4-6-14(12)18-2/h3-9,15,17H,1-2H3. The van der Waals surface area contributed by atoms with Crippen LogP contribution in [-0.4, -0.2) is 11.4 Å². The molecule has 1 N–H and O–H groups in total. The second-order valence-electron chi connectivity index (χ2n) is 4.15. The van der Waals surface area contributed by atoms with Gasteiger partial charge >= 0.3 is 0 Å². The molecule has 0 saturated carbocycles. The highest BCUT2D eigenvalue weighted by molar-refractivity contribution is 7.98. The van der Waals surface area contributed by atoms with Crippen LogP contribution in [0, 0.1) is 12.7 Å². The summed E-state index contributed by atoms with van der Waals surface area (Å²) in [4.78, 5) is 1.01. The lowest BCUT2D eigenvalue weighted by Gasteiger charge is -2.17. The van der Waals surface area contributed by atoms with Crippen molar-refractivity contribution < 1.29 is 9.50 Å². The normalized spacial score (nSPS) is 12.4. The van der Waals surface area contributed by atoms with E-state index < -0.39 is 6.10 Å². The molecule has 94 valence electrons. The topological polar surface area (TPSA) is 20.2 Å². The van der Waals surface area contributed by atoms with Crippen molar-refractivity contribution in [2.24, 2.45) is 0 Å². The molecular weight excluding hydrogens is 247 g/mol. The van der Waals surface area contributed by atoms with Gasteiger partial charge in [0, 0.05) is 4.90 Å². The molecule has 1 atom stereocenters. The summed E-state index contributed by atoms with van der Waals surface area (Å²) in [6, 6.07) is 12.1. The molecule has 0 radical (unpaired) electrons. The van der Waals surface area contributed by atoms with E-state index in [4.69, 9.17) is 0 Å². The fourth-order valence-corrected chi connectivity index (χ4v) is 2.60. The first kappa shape index (κ1) is 13.1. The molecule has 0 amide bonds. The van der Waals surface area contributed by atoms with Gasteiger partial charge in [0.15, 0.2) is 0 Å². The molecule has 0 aromatic heterocycles. The average molecular weight is 262 g/mol. The number of halogens is 1. The van der Waals surface area contributed by atoms with E-state index in [1.807, 2.05) is 37.4 Å². The van der Waals surface area contributed by atoms with Crippen LogP contribution < -0.4 is 0 Å². The van der Waals surface area contributed by atoms with Gasteiger partial charge < -0.3 is 5.11 Å². The summed E-state index contributed by atoms with van der Waals surface area (Å²) in [5.41, 5.74) is 2.33. The Morgan fingerprint density at radius 2 is 1.83 bits per heavy atom. The number of aryl methyl sites for hydroxylation is 1. The van der Waals surface area contributed by atoms with Gasteiger partial charge in [-0.05, 0) is 48.1 Å². The number of aliphatic hydroxyl groups excluding tert-OH is 1. The molecule has 2 rings (SSSR count). The fourth-order valence-electron chi connectivity index (χ4n) is 1.97. The zero-order valence-electron chi connectivity index (χ0n) is 10.4. The molecule has 0 spiro atoms. The number of rotatable bonds is 3. The highest BCUT2D eigenvalue weighted by atomic mass is 32.2. The maximum Gasteiger partial charge on any atom is 0.123 e.